The smallest absolute Gasteiger partial charge is 0.407 e. The molecule has 1 amide bonds. The van der Waals surface area contributed by atoms with Gasteiger partial charge in [0, 0.05) is 19.0 Å². The summed E-state index contributed by atoms with van der Waals surface area (Å²) in [7, 11) is 0. The van der Waals surface area contributed by atoms with Gasteiger partial charge in [-0.25, -0.2) is 4.79 Å². The number of likely N-dealkylation sites (tertiary alicyclic amines) is 1. The van der Waals surface area contributed by atoms with Crippen molar-refractivity contribution >= 4 is 23.3 Å². The van der Waals surface area contributed by atoms with Crippen LogP contribution in [0.4, 0.5) is 4.79 Å². The third kappa shape index (κ3) is 2.07. The average molecular weight is 188 g/mol. The fourth-order valence-electron chi connectivity index (χ4n) is 1.36. The monoisotopic (exact) mass is 188 g/mol. The Morgan fingerprint density at radius 3 is 2.33 bits per heavy atom. The van der Waals surface area contributed by atoms with Crippen molar-refractivity contribution in [3.63, 3.8) is 0 Å². The molecule has 0 aromatic carbocycles. The van der Waals surface area contributed by atoms with Crippen LogP contribution in [-0.2, 0) is 0 Å². The molecular weight excluding hydrogens is 176 g/mol. The van der Waals surface area contributed by atoms with Crippen LogP contribution in [0.25, 0.3) is 0 Å². The summed E-state index contributed by atoms with van der Waals surface area (Å²) in [4.78, 5) is 12.4. The maximum atomic E-state index is 10.5. The minimum atomic E-state index is -0.851. The first-order valence-corrected chi connectivity index (χ1v) is 4.29. The summed E-state index contributed by atoms with van der Waals surface area (Å²) in [6, 6.07) is 0. The summed E-state index contributed by atoms with van der Waals surface area (Å²) < 4.78 is 0. The minimum Gasteiger partial charge on any atom is -0.465 e. The molecule has 1 heterocycles. The molecular formula is C7H12N2O2S. The van der Waals surface area contributed by atoms with Crippen molar-refractivity contribution in [3.05, 3.63) is 0 Å². The van der Waals surface area contributed by atoms with Crippen LogP contribution >= 0.6 is 12.2 Å². The maximum absolute atomic E-state index is 10.5. The summed E-state index contributed by atoms with van der Waals surface area (Å²) in [6.07, 6.45) is 0.680. The van der Waals surface area contributed by atoms with Crippen molar-refractivity contribution in [1.82, 2.24) is 4.90 Å². The van der Waals surface area contributed by atoms with Crippen molar-refractivity contribution < 1.29 is 9.90 Å². The van der Waals surface area contributed by atoms with Crippen LogP contribution in [0.15, 0.2) is 0 Å². The summed E-state index contributed by atoms with van der Waals surface area (Å²) in [5, 5.41) is 8.62. The lowest BCUT2D eigenvalue weighted by Crippen LogP contribution is -2.40. The maximum Gasteiger partial charge on any atom is 0.407 e. The predicted octanol–water partition coefficient (Wildman–Crippen LogP) is 0.662. The number of thiocarbonyl (C=S) groups is 1. The van der Waals surface area contributed by atoms with Crippen molar-refractivity contribution in [3.8, 4) is 0 Å². The largest absolute Gasteiger partial charge is 0.465 e. The Labute approximate surface area is 76.3 Å². The van der Waals surface area contributed by atoms with Crippen LogP contribution in [-0.4, -0.2) is 34.2 Å². The highest BCUT2D eigenvalue weighted by Crippen LogP contribution is 2.16. The molecule has 5 heteroatoms. The Kier molecular flexibility index (Phi) is 2.86. The van der Waals surface area contributed by atoms with Crippen molar-refractivity contribution in [1.29, 1.82) is 0 Å². The second-order valence-electron chi connectivity index (χ2n) is 2.95. The fraction of sp³-hybridized carbons (Fsp3) is 0.714. The number of carboxylic acid groups (broad SMARTS) is 1. The Hall–Kier alpha value is -0.840. The molecule has 3 N–H and O–H groups in total. The lowest BCUT2D eigenvalue weighted by molar-refractivity contribution is 0.131. The van der Waals surface area contributed by atoms with E-state index < -0.39 is 6.09 Å². The number of amides is 1. The summed E-state index contributed by atoms with van der Waals surface area (Å²) in [6.45, 7) is 1.11. The number of nitrogens with zero attached hydrogens (tertiary/aromatic N) is 1. The van der Waals surface area contributed by atoms with Gasteiger partial charge in [-0.15, -0.1) is 0 Å². The second-order valence-corrected chi connectivity index (χ2v) is 3.42. The number of piperidine rings is 1. The summed E-state index contributed by atoms with van der Waals surface area (Å²) in [5.41, 5.74) is 5.45. The Balaban J connectivity index is 2.39. The first-order chi connectivity index (χ1) is 5.61. The molecule has 68 valence electrons. The van der Waals surface area contributed by atoms with E-state index in [9.17, 15) is 4.79 Å². The van der Waals surface area contributed by atoms with E-state index in [1.165, 1.54) is 4.90 Å². The van der Waals surface area contributed by atoms with Crippen LogP contribution in [0.3, 0.4) is 0 Å². The van der Waals surface area contributed by atoms with E-state index in [-0.39, 0.29) is 5.92 Å². The van der Waals surface area contributed by atoms with Gasteiger partial charge in [-0.1, -0.05) is 12.2 Å². The zero-order chi connectivity index (χ0) is 9.14. The minimum absolute atomic E-state index is 0.232. The van der Waals surface area contributed by atoms with Crippen molar-refractivity contribution in [2.75, 3.05) is 13.1 Å². The number of rotatable bonds is 1. The zero-order valence-corrected chi connectivity index (χ0v) is 7.51. The highest BCUT2D eigenvalue weighted by molar-refractivity contribution is 7.80. The van der Waals surface area contributed by atoms with E-state index in [4.69, 9.17) is 23.1 Å². The van der Waals surface area contributed by atoms with Gasteiger partial charge in [-0.05, 0) is 12.8 Å². The van der Waals surface area contributed by atoms with Gasteiger partial charge < -0.3 is 15.7 Å². The molecule has 0 unspecified atom stereocenters. The quantitative estimate of drug-likeness (QED) is 0.593. The van der Waals surface area contributed by atoms with Gasteiger partial charge in [0.2, 0.25) is 0 Å². The highest BCUT2D eigenvalue weighted by Gasteiger charge is 2.23. The number of carbonyl (C=O) groups is 1. The van der Waals surface area contributed by atoms with E-state index in [0.29, 0.717) is 18.1 Å². The summed E-state index contributed by atoms with van der Waals surface area (Å²) >= 11 is 4.83. The lowest BCUT2D eigenvalue weighted by atomic mass is 9.97. The van der Waals surface area contributed by atoms with Crippen molar-refractivity contribution in [2.24, 2.45) is 11.7 Å². The van der Waals surface area contributed by atoms with Crippen LogP contribution in [0.5, 0.6) is 0 Å². The van der Waals surface area contributed by atoms with Crippen LogP contribution in [0.2, 0.25) is 0 Å². The highest BCUT2D eigenvalue weighted by atomic mass is 32.1. The molecule has 12 heavy (non-hydrogen) atoms. The predicted molar refractivity (Wildman–Crippen MR) is 49.1 cm³/mol. The fourth-order valence-corrected chi connectivity index (χ4v) is 1.59. The van der Waals surface area contributed by atoms with Gasteiger partial charge in [0.05, 0.1) is 4.99 Å². The molecule has 0 radical (unpaired) electrons. The number of nitrogens with two attached hydrogens (primary N) is 1. The van der Waals surface area contributed by atoms with Crippen LogP contribution < -0.4 is 5.73 Å². The molecule has 0 saturated carbocycles. The van der Waals surface area contributed by atoms with Gasteiger partial charge >= 0.3 is 6.09 Å². The standard InChI is InChI=1S/C7H12N2O2S/c8-6(12)5-1-3-9(4-2-5)7(10)11/h5H,1-4H2,(H2,8,12)(H,10,11). The van der Waals surface area contributed by atoms with E-state index >= 15 is 0 Å². The van der Waals surface area contributed by atoms with E-state index in [0.717, 1.165) is 12.8 Å². The SMILES string of the molecule is NC(=S)C1CCN(C(=O)O)CC1. The van der Waals surface area contributed by atoms with Gasteiger partial charge in [0.25, 0.3) is 0 Å². The molecule has 0 aromatic heterocycles. The van der Waals surface area contributed by atoms with Crippen molar-refractivity contribution in [2.45, 2.75) is 12.8 Å². The molecule has 1 aliphatic heterocycles. The van der Waals surface area contributed by atoms with Crippen LogP contribution in [0, 0.1) is 5.92 Å². The van der Waals surface area contributed by atoms with Gasteiger partial charge in [-0.2, -0.15) is 0 Å². The molecule has 0 aromatic rings. The third-order valence-corrected chi connectivity index (χ3v) is 2.50. The first-order valence-electron chi connectivity index (χ1n) is 3.88. The molecule has 1 aliphatic rings. The molecule has 4 nitrogen and oxygen atoms in total. The Morgan fingerprint density at radius 1 is 1.50 bits per heavy atom. The molecule has 1 saturated heterocycles. The van der Waals surface area contributed by atoms with Gasteiger partial charge in [-0.3, -0.25) is 0 Å². The average Bonchev–Trinajstić information content (AvgIpc) is 2.04. The Morgan fingerprint density at radius 2 is 2.00 bits per heavy atom. The number of hydrogen-bond donors (Lipinski definition) is 2. The topological polar surface area (TPSA) is 66.6 Å². The normalized spacial score (nSPS) is 19.2. The molecule has 1 rings (SSSR count). The van der Waals surface area contributed by atoms with E-state index in [1.54, 1.807) is 0 Å². The Bertz CT molecular complexity index is 178. The first kappa shape index (κ1) is 9.25. The van der Waals surface area contributed by atoms with E-state index in [1.807, 2.05) is 0 Å². The zero-order valence-electron chi connectivity index (χ0n) is 6.69. The van der Waals surface area contributed by atoms with Crippen LogP contribution in [0.1, 0.15) is 12.8 Å². The lowest BCUT2D eigenvalue weighted by Gasteiger charge is -2.29. The molecule has 0 aliphatic carbocycles. The van der Waals surface area contributed by atoms with E-state index in [2.05, 4.69) is 0 Å². The molecule has 0 spiro atoms. The second kappa shape index (κ2) is 3.71. The molecule has 0 bridgehead atoms. The van der Waals surface area contributed by atoms with Gasteiger partial charge in [0.15, 0.2) is 0 Å². The van der Waals surface area contributed by atoms with Gasteiger partial charge in [0.1, 0.15) is 0 Å². The third-order valence-electron chi connectivity index (χ3n) is 2.17. The number of hydrogen-bond acceptors (Lipinski definition) is 2. The molecule has 0 atom stereocenters. The molecule has 1 fully saturated rings. The summed E-state index contributed by atoms with van der Waals surface area (Å²) in [5.74, 6) is 0.232.